The SMILES string of the molecule is CC[P+]1(C(C)C(=O)Nc2c(C)cc(Cl)cc2C)CCCCCC1. The van der Waals surface area contributed by atoms with Crippen LogP contribution in [0.15, 0.2) is 12.1 Å². The Morgan fingerprint density at radius 2 is 1.70 bits per heavy atom. The largest absolute Gasteiger partial charge is 0.322 e. The standard InChI is InChI=1S/C19H29ClNOP/c1-5-23(10-8-6-7-9-11-23)16(4)19(22)21-18-14(2)12-17(20)13-15(18)3/h12-13,16H,5-11H2,1-4H3/p+1. The summed E-state index contributed by atoms with van der Waals surface area (Å²) in [4.78, 5) is 13.0. The second kappa shape index (κ2) is 7.99. The number of nitrogens with one attached hydrogen (secondary N) is 1. The van der Waals surface area contributed by atoms with Crippen molar-refractivity contribution in [2.75, 3.05) is 23.8 Å². The van der Waals surface area contributed by atoms with Gasteiger partial charge in [0.1, 0.15) is 5.66 Å². The zero-order valence-electron chi connectivity index (χ0n) is 14.9. The van der Waals surface area contributed by atoms with Crippen LogP contribution in [-0.4, -0.2) is 30.1 Å². The number of hydrogen-bond acceptors (Lipinski definition) is 1. The van der Waals surface area contributed by atoms with Crippen LogP contribution in [0.3, 0.4) is 0 Å². The molecule has 1 N–H and O–H groups in total. The van der Waals surface area contributed by atoms with Gasteiger partial charge in [-0.1, -0.05) is 11.6 Å². The zero-order chi connectivity index (χ0) is 17.0. The molecule has 1 saturated heterocycles. The first-order chi connectivity index (χ1) is 10.9. The Morgan fingerprint density at radius 3 is 2.17 bits per heavy atom. The van der Waals surface area contributed by atoms with Gasteiger partial charge in [0.2, 0.25) is 0 Å². The summed E-state index contributed by atoms with van der Waals surface area (Å²) >= 11 is 6.10. The van der Waals surface area contributed by atoms with Crippen LogP contribution in [0.2, 0.25) is 5.02 Å². The molecule has 1 aliphatic heterocycles. The molecule has 1 atom stereocenters. The van der Waals surface area contributed by atoms with Gasteiger partial charge in [0.05, 0.1) is 18.5 Å². The van der Waals surface area contributed by atoms with E-state index in [4.69, 9.17) is 11.6 Å². The fourth-order valence-electron chi connectivity index (χ4n) is 3.88. The highest BCUT2D eigenvalue weighted by Crippen LogP contribution is 2.65. The van der Waals surface area contributed by atoms with Gasteiger partial charge in [-0.3, -0.25) is 4.79 Å². The molecule has 2 rings (SSSR count). The molecule has 1 aromatic carbocycles. The fourth-order valence-corrected chi connectivity index (χ4v) is 8.65. The quantitative estimate of drug-likeness (QED) is 0.670. The molecule has 1 aliphatic rings. The highest BCUT2D eigenvalue weighted by atomic mass is 35.5. The Morgan fingerprint density at radius 1 is 1.17 bits per heavy atom. The molecule has 1 amide bonds. The highest BCUT2D eigenvalue weighted by molar-refractivity contribution is 7.77. The number of hydrogen-bond donors (Lipinski definition) is 1. The number of carbonyl (C=O) groups is 1. The van der Waals surface area contributed by atoms with Gasteiger partial charge in [-0.05, 0) is 76.6 Å². The number of rotatable bonds is 4. The van der Waals surface area contributed by atoms with Crippen LogP contribution in [-0.2, 0) is 4.79 Å². The number of benzene rings is 1. The van der Waals surface area contributed by atoms with E-state index in [1.54, 1.807) is 0 Å². The van der Waals surface area contributed by atoms with Crippen LogP contribution in [0, 0.1) is 13.8 Å². The molecule has 4 heteroatoms. The Balaban J connectivity index is 2.19. The van der Waals surface area contributed by atoms with Gasteiger partial charge in [0.15, 0.2) is 0 Å². The smallest absolute Gasteiger partial charge is 0.264 e. The van der Waals surface area contributed by atoms with Gasteiger partial charge < -0.3 is 5.32 Å². The van der Waals surface area contributed by atoms with Crippen molar-refractivity contribution in [3.63, 3.8) is 0 Å². The number of carbonyl (C=O) groups excluding carboxylic acids is 1. The Labute approximate surface area is 146 Å². The van der Waals surface area contributed by atoms with Gasteiger partial charge in [-0.25, -0.2) is 0 Å². The first-order valence-electron chi connectivity index (χ1n) is 8.83. The summed E-state index contributed by atoms with van der Waals surface area (Å²) in [6.45, 7) is 8.48. The fraction of sp³-hybridized carbons (Fsp3) is 0.632. The molecule has 0 aromatic heterocycles. The number of amides is 1. The lowest BCUT2D eigenvalue weighted by atomic mass is 10.1. The van der Waals surface area contributed by atoms with Crippen LogP contribution in [0.1, 0.15) is 50.7 Å². The molecular weight excluding hydrogens is 325 g/mol. The summed E-state index contributed by atoms with van der Waals surface area (Å²) in [6, 6.07) is 3.84. The van der Waals surface area contributed by atoms with Gasteiger partial charge in [0.25, 0.3) is 5.91 Å². The third-order valence-corrected chi connectivity index (χ3v) is 11.3. The van der Waals surface area contributed by atoms with Gasteiger partial charge in [0, 0.05) is 18.0 Å². The minimum Gasteiger partial charge on any atom is -0.322 e. The molecule has 0 saturated carbocycles. The third-order valence-electron chi connectivity index (χ3n) is 5.53. The Hall–Kier alpha value is -0.590. The number of aryl methyl sites for hydroxylation is 2. The maximum absolute atomic E-state index is 13.0. The van der Waals surface area contributed by atoms with Crippen molar-refractivity contribution >= 4 is 30.5 Å². The summed E-state index contributed by atoms with van der Waals surface area (Å²) in [7, 11) is -1.18. The molecule has 0 radical (unpaired) electrons. The lowest BCUT2D eigenvalue weighted by Crippen LogP contribution is -2.31. The normalized spacial score (nSPS) is 19.0. The van der Waals surface area contributed by atoms with Gasteiger partial charge in [-0.15, -0.1) is 0 Å². The molecule has 23 heavy (non-hydrogen) atoms. The minimum absolute atomic E-state index is 0.153. The van der Waals surface area contributed by atoms with Crippen molar-refractivity contribution < 1.29 is 4.79 Å². The van der Waals surface area contributed by atoms with Crippen LogP contribution < -0.4 is 5.32 Å². The lowest BCUT2D eigenvalue weighted by molar-refractivity contribution is -0.115. The summed E-state index contributed by atoms with van der Waals surface area (Å²) in [5, 5.41) is 3.94. The van der Waals surface area contributed by atoms with E-state index >= 15 is 0 Å². The number of halogens is 1. The van der Waals surface area contributed by atoms with Crippen LogP contribution >= 0.6 is 18.9 Å². The molecule has 0 bridgehead atoms. The van der Waals surface area contributed by atoms with Crippen molar-refractivity contribution in [2.24, 2.45) is 0 Å². The molecule has 1 aromatic rings. The molecule has 2 nitrogen and oxygen atoms in total. The van der Waals surface area contributed by atoms with E-state index in [1.165, 1.54) is 44.2 Å². The molecule has 0 spiro atoms. The van der Waals surface area contributed by atoms with E-state index in [2.05, 4.69) is 19.2 Å². The first-order valence-corrected chi connectivity index (χ1v) is 11.6. The van der Waals surface area contributed by atoms with Gasteiger partial charge >= 0.3 is 0 Å². The predicted octanol–water partition coefficient (Wildman–Crippen LogP) is 5.90. The maximum atomic E-state index is 13.0. The molecule has 128 valence electrons. The molecule has 1 fully saturated rings. The summed E-state index contributed by atoms with van der Waals surface area (Å²) in [6.07, 6.45) is 9.06. The summed E-state index contributed by atoms with van der Waals surface area (Å²) in [5.74, 6) is 0.204. The second-order valence-electron chi connectivity index (χ2n) is 6.98. The van der Waals surface area contributed by atoms with E-state index in [1.807, 2.05) is 26.0 Å². The van der Waals surface area contributed by atoms with Crippen LogP contribution in [0.4, 0.5) is 5.69 Å². The average Bonchev–Trinajstić information content (AvgIpc) is 2.76. The number of anilines is 1. The monoisotopic (exact) mass is 354 g/mol. The van der Waals surface area contributed by atoms with Gasteiger partial charge in [-0.2, -0.15) is 0 Å². The average molecular weight is 355 g/mol. The Bertz CT molecular complexity index is 541. The summed E-state index contributed by atoms with van der Waals surface area (Å²) < 4.78 is 0. The maximum Gasteiger partial charge on any atom is 0.264 e. The first kappa shape index (κ1) is 18.7. The second-order valence-corrected chi connectivity index (χ2v) is 12.2. The van der Waals surface area contributed by atoms with E-state index in [-0.39, 0.29) is 11.6 Å². The van der Waals surface area contributed by atoms with E-state index < -0.39 is 7.26 Å². The van der Waals surface area contributed by atoms with Crippen molar-refractivity contribution in [3.8, 4) is 0 Å². The summed E-state index contributed by atoms with van der Waals surface area (Å²) in [5.41, 5.74) is 3.18. The Kier molecular flexibility index (Phi) is 6.51. The van der Waals surface area contributed by atoms with E-state index in [0.717, 1.165) is 21.8 Å². The van der Waals surface area contributed by atoms with E-state index in [9.17, 15) is 4.79 Å². The molecular formula is C19H30ClNOP+. The van der Waals surface area contributed by atoms with Crippen LogP contribution in [0.25, 0.3) is 0 Å². The van der Waals surface area contributed by atoms with Crippen molar-refractivity contribution in [2.45, 2.75) is 59.0 Å². The topological polar surface area (TPSA) is 29.1 Å². The predicted molar refractivity (Wildman–Crippen MR) is 105 cm³/mol. The molecule has 1 heterocycles. The molecule has 1 unspecified atom stereocenters. The lowest BCUT2D eigenvalue weighted by Gasteiger charge is -2.30. The van der Waals surface area contributed by atoms with Crippen molar-refractivity contribution in [1.82, 2.24) is 0 Å². The third kappa shape index (κ3) is 4.28. The van der Waals surface area contributed by atoms with Crippen molar-refractivity contribution in [1.29, 1.82) is 0 Å². The zero-order valence-corrected chi connectivity index (χ0v) is 16.6. The van der Waals surface area contributed by atoms with Crippen molar-refractivity contribution in [3.05, 3.63) is 28.3 Å². The minimum atomic E-state index is -1.18. The highest BCUT2D eigenvalue weighted by Gasteiger charge is 2.45. The van der Waals surface area contributed by atoms with Crippen LogP contribution in [0.5, 0.6) is 0 Å². The molecule has 0 aliphatic carbocycles. The van der Waals surface area contributed by atoms with E-state index in [0.29, 0.717) is 0 Å².